The lowest BCUT2D eigenvalue weighted by Crippen LogP contribution is -2.14. The van der Waals surface area contributed by atoms with Crippen LogP contribution in [0.4, 0.5) is 0 Å². The fourth-order valence-corrected chi connectivity index (χ4v) is 5.58. The number of benzene rings is 4. The fraction of sp³-hybridized carbons (Fsp3) is 0.167. The van der Waals surface area contributed by atoms with Crippen molar-refractivity contribution in [2.24, 2.45) is 0 Å². The molecule has 0 amide bonds. The van der Waals surface area contributed by atoms with Crippen LogP contribution in [0.2, 0.25) is 0 Å². The Kier molecular flexibility index (Phi) is 6.91. The first kappa shape index (κ1) is 25.6. The van der Waals surface area contributed by atoms with Gasteiger partial charge in [0.2, 0.25) is 0 Å². The van der Waals surface area contributed by atoms with Crippen molar-refractivity contribution >= 4 is 23.7 Å². The van der Waals surface area contributed by atoms with Crippen molar-refractivity contribution in [3.05, 3.63) is 129 Å². The van der Waals surface area contributed by atoms with Crippen LogP contribution >= 0.6 is 0 Å². The lowest BCUT2D eigenvalue weighted by Gasteiger charge is -2.18. The molecule has 4 nitrogen and oxygen atoms in total. The van der Waals surface area contributed by atoms with Crippen LogP contribution in [0.1, 0.15) is 55.8 Å². The van der Waals surface area contributed by atoms with Gasteiger partial charge in [0.05, 0.1) is 14.2 Å². The summed E-state index contributed by atoms with van der Waals surface area (Å²) < 4.78 is 10.6. The minimum absolute atomic E-state index is 0.0948. The van der Waals surface area contributed by atoms with Crippen LogP contribution in [0, 0.1) is 0 Å². The highest BCUT2D eigenvalue weighted by molar-refractivity contribution is 6.14. The highest BCUT2D eigenvalue weighted by Gasteiger charge is 2.23. The molecule has 0 aromatic heterocycles. The van der Waals surface area contributed by atoms with Gasteiger partial charge < -0.3 is 9.47 Å². The van der Waals surface area contributed by atoms with E-state index >= 15 is 0 Å². The number of carbonyl (C=O) groups is 2. The number of ketones is 2. The van der Waals surface area contributed by atoms with Crippen LogP contribution in [0.5, 0.6) is 11.5 Å². The number of fused-ring (bicyclic) bond motifs is 2. The zero-order valence-corrected chi connectivity index (χ0v) is 22.7. The second-order valence-electron chi connectivity index (χ2n) is 10.3. The molecule has 0 bridgehead atoms. The number of methoxy groups -OCH3 is 2. The van der Waals surface area contributed by atoms with E-state index in [-0.39, 0.29) is 11.6 Å². The van der Waals surface area contributed by atoms with Gasteiger partial charge in [0.15, 0.2) is 11.6 Å². The number of hydrogen-bond acceptors (Lipinski definition) is 4. The summed E-state index contributed by atoms with van der Waals surface area (Å²) in [5.41, 5.74) is 9.54. The zero-order chi connectivity index (χ0) is 27.6. The second kappa shape index (κ2) is 10.8. The van der Waals surface area contributed by atoms with E-state index in [1.807, 2.05) is 48.6 Å². The van der Waals surface area contributed by atoms with Crippen molar-refractivity contribution in [2.45, 2.75) is 25.7 Å². The Morgan fingerprint density at radius 3 is 1.30 bits per heavy atom. The Morgan fingerprint density at radius 1 is 0.525 bits per heavy atom. The van der Waals surface area contributed by atoms with Crippen LogP contribution in [0.3, 0.4) is 0 Å². The molecule has 0 saturated heterocycles. The molecule has 4 heteroatoms. The minimum Gasteiger partial charge on any atom is -0.497 e. The molecule has 0 spiro atoms. The van der Waals surface area contributed by atoms with E-state index in [2.05, 4.69) is 48.5 Å². The molecule has 4 aromatic rings. The number of carbonyl (C=O) groups excluding carboxylic acids is 2. The van der Waals surface area contributed by atoms with Gasteiger partial charge in [0.25, 0.3) is 0 Å². The smallest absolute Gasteiger partial charge is 0.189 e. The highest BCUT2D eigenvalue weighted by atomic mass is 16.5. The van der Waals surface area contributed by atoms with Crippen LogP contribution in [-0.4, -0.2) is 25.8 Å². The van der Waals surface area contributed by atoms with E-state index in [1.54, 1.807) is 14.2 Å². The Bertz CT molecular complexity index is 1540. The zero-order valence-electron chi connectivity index (χ0n) is 22.7. The lowest BCUT2D eigenvalue weighted by molar-refractivity contribution is 0.101. The number of allylic oxidation sites excluding steroid dienone is 2. The van der Waals surface area contributed by atoms with Gasteiger partial charge in [-0.05, 0) is 108 Å². The van der Waals surface area contributed by atoms with Gasteiger partial charge in [-0.15, -0.1) is 0 Å². The van der Waals surface area contributed by atoms with E-state index in [0.29, 0.717) is 0 Å². The molecule has 0 unspecified atom stereocenters. The van der Waals surface area contributed by atoms with Crippen LogP contribution in [-0.2, 0) is 12.8 Å². The highest BCUT2D eigenvalue weighted by Crippen LogP contribution is 2.31. The van der Waals surface area contributed by atoms with E-state index in [9.17, 15) is 9.59 Å². The number of Topliss-reactive ketones (excluding diaryl/α,β-unsaturated/α-hetero) is 2. The molecular formula is C36H30O4. The monoisotopic (exact) mass is 526 g/mol. The van der Waals surface area contributed by atoms with E-state index in [1.165, 1.54) is 0 Å². The average molecular weight is 527 g/mol. The van der Waals surface area contributed by atoms with Gasteiger partial charge in [-0.2, -0.15) is 0 Å². The first-order chi connectivity index (χ1) is 19.5. The van der Waals surface area contributed by atoms with Gasteiger partial charge in [-0.25, -0.2) is 0 Å². The summed E-state index contributed by atoms with van der Waals surface area (Å²) in [5.74, 6) is 1.76. The molecule has 2 aliphatic rings. The van der Waals surface area contributed by atoms with E-state index in [0.717, 1.165) is 92.8 Å². The van der Waals surface area contributed by atoms with Crippen LogP contribution < -0.4 is 9.47 Å². The maximum absolute atomic E-state index is 13.1. The Labute approximate surface area is 234 Å². The van der Waals surface area contributed by atoms with Crippen molar-refractivity contribution in [3.8, 4) is 22.6 Å². The molecule has 6 rings (SSSR count). The summed E-state index contributed by atoms with van der Waals surface area (Å²) in [4.78, 5) is 26.1. The SMILES string of the molecule is COc1ccc2c(c1)CCC(=Cc1ccc(-c3ccc(C=C4CCc5cc(OC)ccc5C4=O)cc3)cc1)C2=O. The molecule has 0 fully saturated rings. The first-order valence-electron chi connectivity index (χ1n) is 13.6. The Balaban J connectivity index is 1.16. The van der Waals surface area contributed by atoms with Gasteiger partial charge in [0.1, 0.15) is 11.5 Å². The summed E-state index contributed by atoms with van der Waals surface area (Å²) in [6.07, 6.45) is 7.11. The van der Waals surface area contributed by atoms with Crippen molar-refractivity contribution in [3.63, 3.8) is 0 Å². The topological polar surface area (TPSA) is 52.6 Å². The molecule has 0 N–H and O–H groups in total. The third-order valence-corrected chi connectivity index (χ3v) is 7.86. The summed E-state index contributed by atoms with van der Waals surface area (Å²) in [5, 5.41) is 0. The summed E-state index contributed by atoms with van der Waals surface area (Å²) >= 11 is 0. The summed E-state index contributed by atoms with van der Waals surface area (Å²) in [7, 11) is 3.29. The number of aryl methyl sites for hydroxylation is 2. The largest absolute Gasteiger partial charge is 0.497 e. The molecule has 0 heterocycles. The van der Waals surface area contributed by atoms with Crippen molar-refractivity contribution in [1.82, 2.24) is 0 Å². The minimum atomic E-state index is 0.0948. The molecule has 0 atom stereocenters. The Hall–Kier alpha value is -4.70. The van der Waals surface area contributed by atoms with Gasteiger partial charge in [0, 0.05) is 22.3 Å². The molecule has 0 saturated carbocycles. The quantitative estimate of drug-likeness (QED) is 0.249. The van der Waals surface area contributed by atoms with Crippen LogP contribution in [0.15, 0.2) is 96.1 Å². The van der Waals surface area contributed by atoms with Crippen molar-refractivity contribution in [1.29, 1.82) is 0 Å². The molecule has 0 radical (unpaired) electrons. The maximum Gasteiger partial charge on any atom is 0.189 e. The third kappa shape index (κ3) is 5.01. The summed E-state index contributed by atoms with van der Waals surface area (Å²) in [6.45, 7) is 0. The molecule has 2 aliphatic carbocycles. The predicted molar refractivity (Wildman–Crippen MR) is 159 cm³/mol. The number of hydrogen-bond donors (Lipinski definition) is 0. The standard InChI is InChI=1S/C36H30O4/c1-39-31-15-17-33-27(21-31)11-13-29(35(33)37)19-23-3-7-25(8-4-23)26-9-5-24(6-10-26)20-30-14-12-28-22-32(40-2)16-18-34(28)36(30)38/h3-10,15-22H,11-14H2,1-2H3. The van der Waals surface area contributed by atoms with Gasteiger partial charge >= 0.3 is 0 Å². The lowest BCUT2D eigenvalue weighted by atomic mass is 9.85. The second-order valence-corrected chi connectivity index (χ2v) is 10.3. The van der Waals surface area contributed by atoms with Gasteiger partial charge in [-0.1, -0.05) is 48.5 Å². The average Bonchev–Trinajstić information content (AvgIpc) is 3.00. The maximum atomic E-state index is 13.1. The first-order valence-corrected chi connectivity index (χ1v) is 13.6. The van der Waals surface area contributed by atoms with Crippen molar-refractivity contribution < 1.29 is 19.1 Å². The predicted octanol–water partition coefficient (Wildman–Crippen LogP) is 7.80. The molecule has 0 aliphatic heterocycles. The molecule has 4 aromatic carbocycles. The van der Waals surface area contributed by atoms with E-state index in [4.69, 9.17) is 9.47 Å². The van der Waals surface area contributed by atoms with Crippen LogP contribution in [0.25, 0.3) is 23.3 Å². The normalized spacial score (nSPS) is 16.6. The summed E-state index contributed by atoms with van der Waals surface area (Å²) in [6, 6.07) is 27.9. The molecule has 198 valence electrons. The molecular weight excluding hydrogens is 496 g/mol. The van der Waals surface area contributed by atoms with Crippen molar-refractivity contribution in [2.75, 3.05) is 14.2 Å². The number of ether oxygens (including phenoxy) is 2. The number of rotatable bonds is 5. The third-order valence-electron chi connectivity index (χ3n) is 7.86. The van der Waals surface area contributed by atoms with E-state index < -0.39 is 0 Å². The molecule has 40 heavy (non-hydrogen) atoms. The Morgan fingerprint density at radius 2 is 0.925 bits per heavy atom. The van der Waals surface area contributed by atoms with Gasteiger partial charge in [-0.3, -0.25) is 9.59 Å². The fourth-order valence-electron chi connectivity index (χ4n) is 5.58.